The molecule has 3 aromatic heterocycles. The quantitative estimate of drug-likeness (QED) is 0.447. The third-order valence-electron chi connectivity index (χ3n) is 7.11. The summed E-state index contributed by atoms with van der Waals surface area (Å²) < 4.78 is 0. The Kier molecular flexibility index (Phi) is 5.93. The average Bonchev–Trinajstić information content (AvgIpc) is 3.66. The molecule has 2 saturated heterocycles. The molecule has 1 unspecified atom stereocenters. The van der Waals surface area contributed by atoms with E-state index in [0.717, 1.165) is 68.1 Å². The Bertz CT molecular complexity index is 1190. The first-order chi connectivity index (χ1) is 16.7. The Balaban J connectivity index is 1.60. The Hall–Kier alpha value is -2.26. The average molecular weight is 510 g/mol. The van der Waals surface area contributed by atoms with E-state index in [1.807, 2.05) is 46.0 Å². The summed E-state index contributed by atoms with van der Waals surface area (Å²) in [5.41, 5.74) is 0.528. The first-order valence-corrected chi connectivity index (χ1v) is 14.6. The largest absolute Gasteiger partial charge is 0.367 e. The van der Waals surface area contributed by atoms with Gasteiger partial charge < -0.3 is 4.90 Å². The summed E-state index contributed by atoms with van der Waals surface area (Å²) in [5.74, 6) is 0.0135. The van der Waals surface area contributed by atoms with Gasteiger partial charge in [0.05, 0.1) is 15.5 Å². The molecule has 1 atom stereocenters. The van der Waals surface area contributed by atoms with Crippen molar-refractivity contribution in [2.24, 2.45) is 0 Å². The molecular weight excluding hydrogens is 483 g/mol. The summed E-state index contributed by atoms with van der Waals surface area (Å²) in [7, 11) is 0. The molecule has 5 nitrogen and oxygen atoms in total. The minimum absolute atomic E-state index is 0.0654. The molecule has 3 aliphatic heterocycles. The predicted molar refractivity (Wildman–Crippen MR) is 138 cm³/mol. The monoisotopic (exact) mass is 509 g/mol. The molecule has 2 fully saturated rings. The summed E-state index contributed by atoms with van der Waals surface area (Å²) in [5, 5.41) is 6.04. The lowest BCUT2D eigenvalue weighted by Crippen LogP contribution is -2.60. The van der Waals surface area contributed by atoms with E-state index in [0.29, 0.717) is 11.3 Å². The molecule has 0 aromatic carbocycles. The zero-order valence-electron chi connectivity index (χ0n) is 18.9. The molecule has 176 valence electrons. The highest BCUT2D eigenvalue weighted by atomic mass is 32.1. The molecule has 0 bridgehead atoms. The number of carbonyl (C=O) groups is 2. The van der Waals surface area contributed by atoms with Gasteiger partial charge in [-0.2, -0.15) is 0 Å². The molecule has 8 heteroatoms. The number of ketones is 1. The van der Waals surface area contributed by atoms with Gasteiger partial charge in [0.25, 0.3) is 5.91 Å². The van der Waals surface area contributed by atoms with Crippen molar-refractivity contribution >= 4 is 45.7 Å². The zero-order chi connectivity index (χ0) is 23.1. The van der Waals surface area contributed by atoms with Crippen LogP contribution in [0.2, 0.25) is 0 Å². The van der Waals surface area contributed by atoms with E-state index in [-0.39, 0.29) is 11.7 Å². The number of carbonyl (C=O) groups excluding carboxylic acids is 2. The maximum atomic E-state index is 14.8. The third kappa shape index (κ3) is 3.42. The standard InChI is InChI=1S/C26H27N3O2S3/c30-24-23(27-11-1-2-12-27)20(18-19-8-5-15-32-19)29(25(31)21-9-6-16-33-21)26(24,22-10-7-17-34-22)28-13-3-4-14-28/h5-10,15-17H,1-4,11-14,18H2. The number of hydrogen-bond acceptors (Lipinski definition) is 7. The van der Waals surface area contributed by atoms with Crippen molar-refractivity contribution in [1.82, 2.24) is 14.7 Å². The van der Waals surface area contributed by atoms with E-state index < -0.39 is 5.66 Å². The SMILES string of the molecule is O=C(c1cccs1)N1C(Cc2cccs2)=C(N2CCCC2)C(=O)C1(c1cccs1)N1CCCC1. The number of Topliss-reactive ketones (excluding diaryl/α,β-unsaturated/α-hetero) is 1. The van der Waals surface area contributed by atoms with Crippen LogP contribution in [0, 0.1) is 0 Å². The number of thiophene rings is 3. The zero-order valence-corrected chi connectivity index (χ0v) is 21.4. The van der Waals surface area contributed by atoms with Crippen molar-refractivity contribution in [3.05, 3.63) is 78.6 Å². The number of likely N-dealkylation sites (tertiary alicyclic amines) is 2. The van der Waals surface area contributed by atoms with Crippen LogP contribution in [0.15, 0.2) is 63.9 Å². The Morgan fingerprint density at radius 2 is 1.53 bits per heavy atom. The highest BCUT2D eigenvalue weighted by Gasteiger charge is 2.62. The molecule has 34 heavy (non-hydrogen) atoms. The minimum atomic E-state index is -1.10. The van der Waals surface area contributed by atoms with Gasteiger partial charge >= 0.3 is 0 Å². The maximum Gasteiger partial charge on any atom is 0.270 e. The van der Waals surface area contributed by atoms with Crippen molar-refractivity contribution in [1.29, 1.82) is 0 Å². The molecule has 3 aliphatic rings. The fraction of sp³-hybridized carbons (Fsp3) is 0.385. The summed E-state index contributed by atoms with van der Waals surface area (Å²) in [6.07, 6.45) is 4.84. The van der Waals surface area contributed by atoms with Crippen LogP contribution in [0.1, 0.15) is 45.1 Å². The number of rotatable bonds is 6. The topological polar surface area (TPSA) is 43.9 Å². The van der Waals surface area contributed by atoms with Crippen molar-refractivity contribution in [3.8, 4) is 0 Å². The predicted octanol–water partition coefficient (Wildman–Crippen LogP) is 5.39. The Morgan fingerprint density at radius 3 is 2.18 bits per heavy atom. The van der Waals surface area contributed by atoms with Crippen LogP contribution in [0.5, 0.6) is 0 Å². The van der Waals surface area contributed by atoms with Gasteiger partial charge in [0, 0.05) is 37.5 Å². The van der Waals surface area contributed by atoms with Gasteiger partial charge in [-0.15, -0.1) is 34.0 Å². The highest BCUT2D eigenvalue weighted by molar-refractivity contribution is 7.12. The van der Waals surface area contributed by atoms with Crippen molar-refractivity contribution in [3.63, 3.8) is 0 Å². The van der Waals surface area contributed by atoms with Crippen LogP contribution < -0.4 is 0 Å². The van der Waals surface area contributed by atoms with Crippen LogP contribution in [0.3, 0.4) is 0 Å². The van der Waals surface area contributed by atoms with Crippen molar-refractivity contribution in [2.45, 2.75) is 37.8 Å². The van der Waals surface area contributed by atoms with Crippen LogP contribution >= 0.6 is 34.0 Å². The molecule has 0 saturated carbocycles. The summed E-state index contributed by atoms with van der Waals surface area (Å²) in [6, 6.07) is 12.0. The lowest BCUT2D eigenvalue weighted by Gasteiger charge is -2.44. The van der Waals surface area contributed by atoms with Gasteiger partial charge in [0.2, 0.25) is 11.4 Å². The van der Waals surface area contributed by atoms with Gasteiger partial charge in [-0.05, 0) is 60.0 Å². The summed E-state index contributed by atoms with van der Waals surface area (Å²) in [6.45, 7) is 3.38. The van der Waals surface area contributed by atoms with Crippen LogP contribution in [-0.4, -0.2) is 52.6 Å². The van der Waals surface area contributed by atoms with Crippen LogP contribution in [0.25, 0.3) is 0 Å². The van der Waals surface area contributed by atoms with Gasteiger partial charge in [-0.1, -0.05) is 18.2 Å². The number of hydrogen-bond donors (Lipinski definition) is 0. The van der Waals surface area contributed by atoms with Gasteiger partial charge in [-0.3, -0.25) is 19.4 Å². The van der Waals surface area contributed by atoms with E-state index in [1.165, 1.54) is 16.2 Å². The molecule has 0 spiro atoms. The smallest absolute Gasteiger partial charge is 0.270 e. The molecule has 0 radical (unpaired) electrons. The van der Waals surface area contributed by atoms with Gasteiger partial charge in [-0.25, -0.2) is 0 Å². The molecule has 3 aromatic rings. The summed E-state index contributed by atoms with van der Waals surface area (Å²) >= 11 is 4.73. The van der Waals surface area contributed by atoms with E-state index in [9.17, 15) is 9.59 Å². The number of amides is 1. The molecule has 6 heterocycles. The minimum Gasteiger partial charge on any atom is -0.367 e. The normalized spacial score (nSPS) is 23.6. The first-order valence-electron chi connectivity index (χ1n) is 11.9. The Labute approximate surface area is 211 Å². The molecule has 1 amide bonds. The molecule has 0 N–H and O–H groups in total. The fourth-order valence-corrected chi connectivity index (χ4v) is 7.97. The van der Waals surface area contributed by atoms with Crippen molar-refractivity contribution in [2.75, 3.05) is 26.2 Å². The lowest BCUT2D eigenvalue weighted by atomic mass is 9.98. The van der Waals surface area contributed by atoms with E-state index in [4.69, 9.17) is 0 Å². The fourth-order valence-electron chi connectivity index (χ4n) is 5.67. The molecular formula is C26H27N3O2S3. The van der Waals surface area contributed by atoms with Crippen LogP contribution in [0.4, 0.5) is 0 Å². The molecule has 6 rings (SSSR count). The second-order valence-electron chi connectivity index (χ2n) is 9.04. The van der Waals surface area contributed by atoms with E-state index in [1.54, 1.807) is 22.7 Å². The third-order valence-corrected chi connectivity index (χ3v) is 9.81. The second-order valence-corrected chi connectivity index (χ2v) is 12.0. The summed E-state index contributed by atoms with van der Waals surface area (Å²) in [4.78, 5) is 38.4. The lowest BCUT2D eigenvalue weighted by molar-refractivity contribution is -0.134. The van der Waals surface area contributed by atoms with Gasteiger partial charge in [0.1, 0.15) is 5.70 Å². The van der Waals surface area contributed by atoms with Crippen LogP contribution in [-0.2, 0) is 16.9 Å². The second kappa shape index (κ2) is 9.07. The van der Waals surface area contributed by atoms with E-state index in [2.05, 4.69) is 21.2 Å². The highest BCUT2D eigenvalue weighted by Crippen LogP contribution is 2.50. The van der Waals surface area contributed by atoms with Gasteiger partial charge in [0.15, 0.2) is 0 Å². The Morgan fingerprint density at radius 1 is 0.853 bits per heavy atom. The van der Waals surface area contributed by atoms with Crippen molar-refractivity contribution < 1.29 is 9.59 Å². The molecule has 0 aliphatic carbocycles. The number of allylic oxidation sites excluding steroid dienone is 1. The number of nitrogens with zero attached hydrogens (tertiary/aromatic N) is 3. The maximum absolute atomic E-state index is 14.8. The van der Waals surface area contributed by atoms with E-state index >= 15 is 0 Å². The first kappa shape index (κ1) is 22.2.